The highest BCUT2D eigenvalue weighted by Gasteiger charge is 2.16. The second-order valence-corrected chi connectivity index (χ2v) is 10.8. The summed E-state index contributed by atoms with van der Waals surface area (Å²) in [4.78, 5) is 0. The topological polar surface area (TPSA) is 40.5 Å². The zero-order chi connectivity index (χ0) is 8.04. The third kappa shape index (κ3) is 4.25. The van der Waals surface area contributed by atoms with Crippen LogP contribution in [0.25, 0.3) is 0 Å². The van der Waals surface area contributed by atoms with Crippen molar-refractivity contribution < 1.29 is 10.2 Å². The first-order chi connectivity index (χ1) is 4.68. The molecule has 0 atom stereocenters. The fourth-order valence-electron chi connectivity index (χ4n) is 0.462. The molecule has 0 fully saturated rings. The van der Waals surface area contributed by atoms with Gasteiger partial charge in [-0.25, -0.2) is 0 Å². The lowest BCUT2D eigenvalue weighted by atomic mass is 10.9. The Balaban J connectivity index is 3.69. The van der Waals surface area contributed by atoms with Gasteiger partial charge in [-0.15, -0.1) is 31.4 Å². The SMILES string of the molecule is OCCS(S)(CCO)SS. The molecule has 0 aliphatic heterocycles. The van der Waals surface area contributed by atoms with E-state index in [0.29, 0.717) is 11.5 Å². The highest BCUT2D eigenvalue weighted by atomic mass is 33.7. The number of hydrogen-bond donors (Lipinski definition) is 4. The Hall–Kier alpha value is 1.32. The van der Waals surface area contributed by atoms with Gasteiger partial charge in [-0.05, 0) is 9.83 Å². The molecule has 0 aromatic rings. The van der Waals surface area contributed by atoms with E-state index in [-0.39, 0.29) is 13.2 Å². The molecule has 0 amide bonds. The molecule has 0 aromatic heterocycles. The molecule has 6 heteroatoms. The lowest BCUT2D eigenvalue weighted by Crippen LogP contribution is -2.04. The molecule has 0 aromatic carbocycles. The molecule has 2 N–H and O–H groups in total. The summed E-state index contributed by atoms with van der Waals surface area (Å²) >= 11 is 8.35. The molecule has 0 bridgehead atoms. The van der Waals surface area contributed by atoms with Crippen molar-refractivity contribution in [2.45, 2.75) is 0 Å². The van der Waals surface area contributed by atoms with Crippen LogP contribution in [0.5, 0.6) is 0 Å². The molecule has 2 nitrogen and oxygen atoms in total. The van der Waals surface area contributed by atoms with Gasteiger partial charge in [-0.3, -0.25) is 0 Å². The molecule has 0 saturated carbocycles. The fraction of sp³-hybridized carbons (Fsp3) is 1.00. The second-order valence-electron chi connectivity index (χ2n) is 1.70. The Morgan fingerprint density at radius 1 is 1.20 bits per heavy atom. The lowest BCUT2D eigenvalue weighted by molar-refractivity contribution is 0.317. The average Bonchev–Trinajstić information content (AvgIpc) is 1.89. The van der Waals surface area contributed by atoms with Gasteiger partial charge >= 0.3 is 0 Å². The van der Waals surface area contributed by atoms with Crippen LogP contribution in [0.15, 0.2) is 0 Å². The monoisotopic (exact) mass is 220 g/mol. The summed E-state index contributed by atoms with van der Waals surface area (Å²) in [5, 5.41) is 17.2. The standard InChI is InChI=1S/C4H12O2S4/c5-1-3-10(8,9-7)4-2-6/h5-8H,1-4H2. The Morgan fingerprint density at radius 3 is 1.80 bits per heavy atom. The van der Waals surface area contributed by atoms with Gasteiger partial charge in [0, 0.05) is 11.5 Å². The van der Waals surface area contributed by atoms with Gasteiger partial charge in [0.2, 0.25) is 0 Å². The van der Waals surface area contributed by atoms with Gasteiger partial charge in [0.05, 0.1) is 13.2 Å². The Morgan fingerprint density at radius 2 is 1.60 bits per heavy atom. The third-order valence-electron chi connectivity index (χ3n) is 0.959. The highest BCUT2D eigenvalue weighted by Crippen LogP contribution is 2.64. The van der Waals surface area contributed by atoms with E-state index in [1.807, 2.05) is 0 Å². The number of rotatable bonds is 5. The molecule has 0 heterocycles. The van der Waals surface area contributed by atoms with E-state index in [9.17, 15) is 0 Å². The summed E-state index contributed by atoms with van der Waals surface area (Å²) in [5.74, 6) is 1.26. The van der Waals surface area contributed by atoms with E-state index in [4.69, 9.17) is 10.2 Å². The maximum atomic E-state index is 8.60. The summed E-state index contributed by atoms with van der Waals surface area (Å²) in [6.45, 7) is 0.235. The normalized spacial score (nSPS) is 13.6. The molecule has 10 heavy (non-hydrogen) atoms. The van der Waals surface area contributed by atoms with Crippen LogP contribution in [0.3, 0.4) is 0 Å². The smallest absolute Gasteiger partial charge is 0.0522 e. The van der Waals surface area contributed by atoms with Crippen LogP contribution in [-0.2, 0) is 0 Å². The molecule has 0 aliphatic carbocycles. The Bertz CT molecular complexity index is 83.3. The van der Waals surface area contributed by atoms with Crippen LogP contribution in [0.4, 0.5) is 0 Å². The van der Waals surface area contributed by atoms with E-state index in [0.717, 1.165) is 0 Å². The van der Waals surface area contributed by atoms with Crippen LogP contribution in [0.2, 0.25) is 0 Å². The summed E-state index contributed by atoms with van der Waals surface area (Å²) in [7, 11) is 0.142. The van der Waals surface area contributed by atoms with E-state index in [2.05, 4.69) is 23.3 Å². The largest absolute Gasteiger partial charge is 0.396 e. The van der Waals surface area contributed by atoms with Crippen molar-refractivity contribution in [3.05, 3.63) is 0 Å². The molecule has 0 rings (SSSR count). The third-order valence-corrected chi connectivity index (χ3v) is 10.1. The predicted molar refractivity (Wildman–Crippen MR) is 57.1 cm³/mol. The maximum Gasteiger partial charge on any atom is 0.0522 e. The molecule has 64 valence electrons. The van der Waals surface area contributed by atoms with Crippen molar-refractivity contribution in [1.82, 2.24) is 0 Å². The van der Waals surface area contributed by atoms with Gasteiger partial charge in [-0.2, -0.15) is 0 Å². The number of hydrogen-bond acceptors (Lipinski definition) is 5. The molecule has 0 spiro atoms. The maximum absolute atomic E-state index is 8.60. The van der Waals surface area contributed by atoms with Crippen molar-refractivity contribution in [1.29, 1.82) is 0 Å². The van der Waals surface area contributed by atoms with Crippen LogP contribution < -0.4 is 0 Å². The van der Waals surface area contributed by atoms with Gasteiger partial charge in [0.25, 0.3) is 0 Å². The van der Waals surface area contributed by atoms with E-state index in [1.165, 1.54) is 9.83 Å². The highest BCUT2D eigenvalue weighted by molar-refractivity contribution is 9.33. The summed E-state index contributed by atoms with van der Waals surface area (Å²) in [5.41, 5.74) is 0. The van der Waals surface area contributed by atoms with Crippen LogP contribution in [0.1, 0.15) is 0 Å². The first kappa shape index (κ1) is 11.3. The van der Waals surface area contributed by atoms with E-state index >= 15 is 0 Å². The molecule has 0 aliphatic rings. The minimum absolute atomic E-state index is 0.117. The van der Waals surface area contributed by atoms with Crippen molar-refractivity contribution >= 4 is 41.2 Å². The predicted octanol–water partition coefficient (Wildman–Crippen LogP) is 1.11. The molecule has 0 saturated heterocycles. The van der Waals surface area contributed by atoms with Gasteiger partial charge in [0.15, 0.2) is 0 Å². The summed E-state index contributed by atoms with van der Waals surface area (Å²) in [6, 6.07) is 0. The van der Waals surface area contributed by atoms with Gasteiger partial charge in [-0.1, -0.05) is 0 Å². The second kappa shape index (κ2) is 5.91. The van der Waals surface area contributed by atoms with Crippen LogP contribution in [-0.4, -0.2) is 34.9 Å². The van der Waals surface area contributed by atoms with Crippen LogP contribution >= 0.6 is 41.2 Å². The molecular formula is C4H12O2S4. The first-order valence-corrected chi connectivity index (χ1v) is 8.15. The minimum atomic E-state index is -1.20. The Kier molecular flexibility index (Phi) is 6.69. The number of aliphatic hydroxyl groups is 2. The van der Waals surface area contributed by atoms with Crippen molar-refractivity contribution in [3.8, 4) is 0 Å². The average molecular weight is 220 g/mol. The minimum Gasteiger partial charge on any atom is -0.396 e. The van der Waals surface area contributed by atoms with Crippen molar-refractivity contribution in [2.24, 2.45) is 0 Å². The summed E-state index contributed by atoms with van der Waals surface area (Å²) in [6.07, 6.45) is 0. The summed E-state index contributed by atoms with van der Waals surface area (Å²) < 4.78 is 0. The van der Waals surface area contributed by atoms with Crippen molar-refractivity contribution in [3.63, 3.8) is 0 Å². The van der Waals surface area contributed by atoms with Crippen molar-refractivity contribution in [2.75, 3.05) is 24.7 Å². The Labute approximate surface area is 76.1 Å². The fourth-order valence-corrected chi connectivity index (χ4v) is 4.11. The van der Waals surface area contributed by atoms with Gasteiger partial charge in [0.1, 0.15) is 0 Å². The number of aliphatic hydroxyl groups excluding tert-OH is 2. The van der Waals surface area contributed by atoms with Gasteiger partial charge < -0.3 is 10.2 Å². The molecular weight excluding hydrogens is 208 g/mol. The molecule has 0 radical (unpaired) electrons. The molecule has 0 unspecified atom stereocenters. The zero-order valence-electron chi connectivity index (χ0n) is 5.43. The first-order valence-electron chi connectivity index (χ1n) is 2.74. The van der Waals surface area contributed by atoms with E-state index in [1.54, 1.807) is 0 Å². The van der Waals surface area contributed by atoms with Crippen LogP contribution in [0, 0.1) is 0 Å². The zero-order valence-corrected chi connectivity index (χ0v) is 8.86. The quantitative estimate of drug-likeness (QED) is 0.414. The number of thiol groups is 2. The lowest BCUT2D eigenvalue weighted by Gasteiger charge is -2.29. The van der Waals surface area contributed by atoms with E-state index < -0.39 is 8.09 Å².